The van der Waals surface area contributed by atoms with Crippen LogP contribution in [-0.2, 0) is 10.3 Å². The Kier molecular flexibility index (Phi) is 5.61. The van der Waals surface area contributed by atoms with Crippen LogP contribution in [0.1, 0.15) is 39.5 Å². The minimum Gasteiger partial charge on any atom is -0.356 e. The Bertz CT molecular complexity index is 728. The fourth-order valence-corrected chi connectivity index (χ4v) is 3.38. The van der Waals surface area contributed by atoms with Gasteiger partial charge in [-0.2, -0.15) is 0 Å². The van der Waals surface area contributed by atoms with E-state index < -0.39 is 5.54 Å². The van der Waals surface area contributed by atoms with Crippen LogP contribution in [0.3, 0.4) is 0 Å². The summed E-state index contributed by atoms with van der Waals surface area (Å²) >= 11 is 0. The third-order valence-corrected chi connectivity index (χ3v) is 5.03. The first-order valence-corrected chi connectivity index (χ1v) is 9.11. The molecule has 1 amide bonds. The largest absolute Gasteiger partial charge is 0.356 e. The first-order valence-electron chi connectivity index (χ1n) is 9.11. The van der Waals surface area contributed by atoms with Gasteiger partial charge in [0, 0.05) is 30.5 Å². The molecule has 1 atom stereocenters. The van der Waals surface area contributed by atoms with E-state index in [1.165, 1.54) is 19.2 Å². The normalized spacial score (nSPS) is 18.2. The molecule has 0 spiro atoms. The molecule has 0 aromatic carbocycles. The minimum atomic E-state index is -0.463. The molecule has 3 rings (SSSR count). The van der Waals surface area contributed by atoms with Crippen LogP contribution in [-0.4, -0.2) is 61.9 Å². The lowest BCUT2D eigenvalue weighted by Gasteiger charge is -2.24. The Labute approximate surface area is 154 Å². The Balaban J connectivity index is 1.53. The molecule has 140 valence electrons. The zero-order chi connectivity index (χ0) is 18.6. The lowest BCUT2D eigenvalue weighted by Crippen LogP contribution is -2.37. The number of amides is 1. The number of aromatic nitrogens is 5. The summed E-state index contributed by atoms with van der Waals surface area (Å²) in [7, 11) is 2.16. The minimum absolute atomic E-state index is 0.0377. The predicted octanol–water partition coefficient (Wildman–Crippen LogP) is 1.46. The SMILES string of the molecule is CN1CCCC1CCNC(=O)CC(C)(C)n1cc(-c2cncnc2)nn1. The molecule has 8 nitrogen and oxygen atoms in total. The van der Waals surface area contributed by atoms with Gasteiger partial charge in [-0.05, 0) is 46.7 Å². The van der Waals surface area contributed by atoms with E-state index in [9.17, 15) is 4.79 Å². The Morgan fingerprint density at radius 3 is 2.81 bits per heavy atom. The van der Waals surface area contributed by atoms with Crippen molar-refractivity contribution in [3.8, 4) is 11.3 Å². The van der Waals surface area contributed by atoms with Gasteiger partial charge in [-0.3, -0.25) is 4.79 Å². The van der Waals surface area contributed by atoms with E-state index in [1.807, 2.05) is 20.0 Å². The number of nitrogens with one attached hydrogen (secondary N) is 1. The summed E-state index contributed by atoms with van der Waals surface area (Å²) in [6.07, 6.45) is 10.5. The highest BCUT2D eigenvalue weighted by Gasteiger charge is 2.26. The van der Waals surface area contributed by atoms with E-state index in [4.69, 9.17) is 0 Å². The van der Waals surface area contributed by atoms with Gasteiger partial charge in [0.1, 0.15) is 12.0 Å². The molecule has 1 aliphatic rings. The maximum atomic E-state index is 12.4. The molecular formula is C18H27N7O. The number of rotatable bonds is 7. The monoisotopic (exact) mass is 357 g/mol. The molecule has 2 aromatic rings. The molecule has 2 aromatic heterocycles. The number of nitrogens with zero attached hydrogens (tertiary/aromatic N) is 6. The second kappa shape index (κ2) is 7.90. The third kappa shape index (κ3) is 4.43. The molecule has 0 bridgehead atoms. The van der Waals surface area contributed by atoms with Crippen LogP contribution in [0.5, 0.6) is 0 Å². The zero-order valence-corrected chi connectivity index (χ0v) is 15.7. The highest BCUT2D eigenvalue weighted by Crippen LogP contribution is 2.22. The number of hydrogen-bond acceptors (Lipinski definition) is 6. The Morgan fingerprint density at radius 2 is 2.12 bits per heavy atom. The number of carbonyl (C=O) groups is 1. The second-order valence-corrected chi connectivity index (χ2v) is 7.58. The van der Waals surface area contributed by atoms with Crippen molar-refractivity contribution < 1.29 is 4.79 Å². The molecule has 26 heavy (non-hydrogen) atoms. The summed E-state index contributed by atoms with van der Waals surface area (Å²) in [4.78, 5) is 22.7. The van der Waals surface area contributed by atoms with Crippen LogP contribution >= 0.6 is 0 Å². The van der Waals surface area contributed by atoms with Crippen LogP contribution < -0.4 is 5.32 Å². The van der Waals surface area contributed by atoms with Gasteiger partial charge in [-0.25, -0.2) is 14.6 Å². The summed E-state index contributed by atoms with van der Waals surface area (Å²) in [5.74, 6) is 0.0377. The second-order valence-electron chi connectivity index (χ2n) is 7.58. The van der Waals surface area contributed by atoms with E-state index in [1.54, 1.807) is 17.1 Å². The van der Waals surface area contributed by atoms with Crippen molar-refractivity contribution in [1.82, 2.24) is 35.2 Å². The van der Waals surface area contributed by atoms with Crippen LogP contribution in [0, 0.1) is 0 Å². The molecule has 1 fully saturated rings. The van der Waals surface area contributed by atoms with Crippen LogP contribution in [0.15, 0.2) is 24.9 Å². The van der Waals surface area contributed by atoms with E-state index in [2.05, 4.69) is 37.5 Å². The first kappa shape index (κ1) is 18.4. The van der Waals surface area contributed by atoms with E-state index in [-0.39, 0.29) is 5.91 Å². The lowest BCUT2D eigenvalue weighted by atomic mass is 10.0. The first-order chi connectivity index (χ1) is 12.5. The van der Waals surface area contributed by atoms with E-state index >= 15 is 0 Å². The number of likely N-dealkylation sites (tertiary alicyclic amines) is 1. The fourth-order valence-electron chi connectivity index (χ4n) is 3.38. The predicted molar refractivity (Wildman–Crippen MR) is 98.3 cm³/mol. The van der Waals surface area contributed by atoms with Gasteiger partial charge < -0.3 is 10.2 Å². The van der Waals surface area contributed by atoms with Crippen LogP contribution in [0.25, 0.3) is 11.3 Å². The molecule has 0 aliphatic carbocycles. The van der Waals surface area contributed by atoms with Crippen molar-refractivity contribution in [2.45, 2.75) is 51.1 Å². The molecule has 1 unspecified atom stereocenters. The summed E-state index contributed by atoms with van der Waals surface area (Å²) in [6.45, 7) is 5.84. The Hall–Kier alpha value is -2.35. The molecule has 1 aliphatic heterocycles. The number of hydrogen-bond donors (Lipinski definition) is 1. The van der Waals surface area contributed by atoms with Gasteiger partial charge in [-0.1, -0.05) is 5.21 Å². The van der Waals surface area contributed by atoms with Gasteiger partial charge in [0.25, 0.3) is 0 Å². The maximum Gasteiger partial charge on any atom is 0.222 e. The molecule has 1 saturated heterocycles. The highest BCUT2D eigenvalue weighted by atomic mass is 16.1. The summed E-state index contributed by atoms with van der Waals surface area (Å²) < 4.78 is 1.74. The topological polar surface area (TPSA) is 88.8 Å². The van der Waals surface area contributed by atoms with Gasteiger partial charge in [0.15, 0.2) is 0 Å². The third-order valence-electron chi connectivity index (χ3n) is 5.03. The molecule has 1 N–H and O–H groups in total. The number of carbonyl (C=O) groups excluding carboxylic acids is 1. The van der Waals surface area contributed by atoms with Gasteiger partial charge >= 0.3 is 0 Å². The van der Waals surface area contributed by atoms with Crippen molar-refractivity contribution >= 4 is 5.91 Å². The van der Waals surface area contributed by atoms with E-state index in [0.717, 1.165) is 18.5 Å². The molecule has 0 radical (unpaired) electrons. The molecule has 3 heterocycles. The molecular weight excluding hydrogens is 330 g/mol. The quantitative estimate of drug-likeness (QED) is 0.807. The van der Waals surface area contributed by atoms with Crippen molar-refractivity contribution in [1.29, 1.82) is 0 Å². The lowest BCUT2D eigenvalue weighted by molar-refractivity contribution is -0.122. The summed E-state index contributed by atoms with van der Waals surface area (Å²) in [5, 5.41) is 11.4. The zero-order valence-electron chi connectivity index (χ0n) is 15.7. The van der Waals surface area contributed by atoms with Gasteiger partial charge in [-0.15, -0.1) is 5.10 Å². The highest BCUT2D eigenvalue weighted by molar-refractivity contribution is 5.76. The van der Waals surface area contributed by atoms with Crippen molar-refractivity contribution in [2.24, 2.45) is 0 Å². The smallest absolute Gasteiger partial charge is 0.222 e. The fraction of sp³-hybridized carbons (Fsp3) is 0.611. The van der Waals surface area contributed by atoms with E-state index in [0.29, 0.717) is 24.7 Å². The van der Waals surface area contributed by atoms with Crippen molar-refractivity contribution in [2.75, 3.05) is 20.1 Å². The average Bonchev–Trinajstić information content (AvgIpc) is 3.25. The van der Waals surface area contributed by atoms with Gasteiger partial charge in [0.05, 0.1) is 18.2 Å². The molecule has 0 saturated carbocycles. The average molecular weight is 357 g/mol. The maximum absolute atomic E-state index is 12.4. The van der Waals surface area contributed by atoms with Crippen LogP contribution in [0.2, 0.25) is 0 Å². The Morgan fingerprint density at radius 1 is 1.35 bits per heavy atom. The van der Waals surface area contributed by atoms with Gasteiger partial charge in [0.2, 0.25) is 5.91 Å². The summed E-state index contributed by atoms with van der Waals surface area (Å²) in [6, 6.07) is 0.592. The van der Waals surface area contributed by atoms with Crippen molar-refractivity contribution in [3.05, 3.63) is 24.9 Å². The molecule has 8 heteroatoms. The van der Waals surface area contributed by atoms with Crippen molar-refractivity contribution in [3.63, 3.8) is 0 Å². The van der Waals surface area contributed by atoms with Crippen LogP contribution in [0.4, 0.5) is 0 Å². The standard InChI is InChI=1S/C18H27N7O/c1-18(2,9-17(26)21-7-6-15-5-4-8-24(15)3)25-12-16(22-23-25)14-10-19-13-20-11-14/h10-13,15H,4-9H2,1-3H3,(H,21,26). The summed E-state index contributed by atoms with van der Waals surface area (Å²) in [5.41, 5.74) is 1.04.